The molecule has 1 aliphatic rings. The van der Waals surface area contributed by atoms with Crippen molar-refractivity contribution in [1.29, 1.82) is 0 Å². The highest BCUT2D eigenvalue weighted by atomic mass is 35.5. The smallest absolute Gasteiger partial charge is 0.390 e. The average molecular weight is 413 g/mol. The fourth-order valence-electron chi connectivity index (χ4n) is 3.77. The summed E-state index contributed by atoms with van der Waals surface area (Å²) in [6.45, 7) is 0.0274. The number of hydrogen-bond donors (Lipinski definition) is 0. The number of fused-ring (bicyclic) bond motifs is 1. The van der Waals surface area contributed by atoms with Crippen molar-refractivity contribution in [3.8, 4) is 0 Å². The van der Waals surface area contributed by atoms with Gasteiger partial charge in [-0.3, -0.25) is 9.36 Å². The van der Waals surface area contributed by atoms with Crippen LogP contribution in [0.1, 0.15) is 36.3 Å². The second-order valence-electron chi connectivity index (χ2n) is 7.29. The summed E-state index contributed by atoms with van der Waals surface area (Å²) in [6, 6.07) is 7.73. The molecule has 0 aliphatic heterocycles. The van der Waals surface area contributed by atoms with Gasteiger partial charge in [0.25, 0.3) is 5.56 Å². The molecule has 3 aromatic heterocycles. The number of aryl methyl sites for hydroxylation is 1. The molecule has 1 saturated carbocycles. The molecule has 3 heterocycles. The van der Waals surface area contributed by atoms with Gasteiger partial charge >= 0.3 is 5.76 Å². The number of nitrogens with zero attached hydrogens (tertiary/aromatic N) is 6. The number of aromatic nitrogens is 6. The lowest BCUT2D eigenvalue weighted by molar-refractivity contribution is 0.233. The molecule has 0 amide bonds. The van der Waals surface area contributed by atoms with E-state index in [1.54, 1.807) is 11.6 Å². The van der Waals surface area contributed by atoms with E-state index < -0.39 is 5.76 Å². The Morgan fingerprint density at radius 3 is 2.79 bits per heavy atom. The molecule has 1 aromatic carbocycles. The fraction of sp³-hybridized carbons (Fsp3) is 0.316. The maximum Gasteiger partial charge on any atom is 0.437 e. The highest BCUT2D eigenvalue weighted by Crippen LogP contribution is 2.44. The summed E-state index contributed by atoms with van der Waals surface area (Å²) in [5, 5.41) is 5.01. The summed E-state index contributed by atoms with van der Waals surface area (Å²) in [6.07, 6.45) is 4.49. The van der Waals surface area contributed by atoms with Gasteiger partial charge in [0.05, 0.1) is 12.4 Å². The maximum absolute atomic E-state index is 12.6. The van der Waals surface area contributed by atoms with E-state index in [4.69, 9.17) is 16.0 Å². The minimum Gasteiger partial charge on any atom is -0.390 e. The van der Waals surface area contributed by atoms with E-state index in [1.807, 2.05) is 24.3 Å². The van der Waals surface area contributed by atoms with Crippen molar-refractivity contribution in [3.05, 3.63) is 74.3 Å². The Hall–Kier alpha value is -3.20. The van der Waals surface area contributed by atoms with Gasteiger partial charge in [-0.25, -0.2) is 14.8 Å². The van der Waals surface area contributed by atoms with Crippen LogP contribution in [0.15, 0.2) is 50.9 Å². The van der Waals surface area contributed by atoms with Gasteiger partial charge in [-0.1, -0.05) is 23.7 Å². The van der Waals surface area contributed by atoms with Crippen LogP contribution in [0.5, 0.6) is 0 Å². The maximum atomic E-state index is 12.6. The van der Waals surface area contributed by atoms with Crippen LogP contribution in [-0.2, 0) is 13.6 Å². The predicted molar refractivity (Wildman–Crippen MR) is 105 cm³/mol. The van der Waals surface area contributed by atoms with Crippen molar-refractivity contribution < 1.29 is 4.42 Å². The van der Waals surface area contributed by atoms with Crippen LogP contribution in [0, 0.1) is 0 Å². The van der Waals surface area contributed by atoms with Crippen molar-refractivity contribution in [3.63, 3.8) is 0 Å². The molecule has 0 N–H and O–H groups in total. The molecule has 10 heteroatoms. The highest BCUT2D eigenvalue weighted by Gasteiger charge is 2.34. The van der Waals surface area contributed by atoms with Gasteiger partial charge in [0.2, 0.25) is 5.89 Å². The Kier molecular flexibility index (Phi) is 4.13. The monoisotopic (exact) mass is 412 g/mol. The molecule has 0 saturated heterocycles. The van der Waals surface area contributed by atoms with Crippen LogP contribution in [0.3, 0.4) is 0 Å². The molecule has 0 bridgehead atoms. The Morgan fingerprint density at radius 2 is 2.00 bits per heavy atom. The fourth-order valence-corrected chi connectivity index (χ4v) is 3.97. The van der Waals surface area contributed by atoms with Gasteiger partial charge in [0, 0.05) is 12.1 Å². The number of hydrogen-bond acceptors (Lipinski definition) is 6. The van der Waals surface area contributed by atoms with Gasteiger partial charge in [-0.2, -0.15) is 4.68 Å². The second kappa shape index (κ2) is 6.70. The van der Waals surface area contributed by atoms with Crippen LogP contribution < -0.4 is 11.3 Å². The normalized spacial score (nSPS) is 18.8. The van der Waals surface area contributed by atoms with E-state index in [1.165, 1.54) is 21.9 Å². The Morgan fingerprint density at radius 1 is 1.21 bits per heavy atom. The summed E-state index contributed by atoms with van der Waals surface area (Å²) in [7, 11) is 1.73. The lowest BCUT2D eigenvalue weighted by Gasteiger charge is -2.34. The Labute approximate surface area is 169 Å². The molecular formula is C19H17ClN6O3. The molecule has 0 atom stereocenters. The summed E-state index contributed by atoms with van der Waals surface area (Å²) in [5.41, 5.74) is 1.66. The third-order valence-electron chi connectivity index (χ3n) is 5.40. The summed E-state index contributed by atoms with van der Waals surface area (Å²) >= 11 is 6.06. The molecule has 0 spiro atoms. The first-order chi connectivity index (χ1) is 14.0. The molecule has 0 radical (unpaired) electrons. The lowest BCUT2D eigenvalue weighted by Crippen LogP contribution is -2.31. The minimum absolute atomic E-state index is 0.0274. The van der Waals surface area contributed by atoms with Gasteiger partial charge in [0.1, 0.15) is 12.9 Å². The van der Waals surface area contributed by atoms with Gasteiger partial charge < -0.3 is 8.98 Å². The van der Waals surface area contributed by atoms with E-state index in [2.05, 4.69) is 15.1 Å². The van der Waals surface area contributed by atoms with Gasteiger partial charge in [0.15, 0.2) is 11.2 Å². The lowest BCUT2D eigenvalue weighted by atomic mass is 9.76. The molecule has 1 aliphatic carbocycles. The van der Waals surface area contributed by atoms with Crippen LogP contribution in [-0.4, -0.2) is 28.9 Å². The van der Waals surface area contributed by atoms with Crippen LogP contribution in [0.2, 0.25) is 5.02 Å². The Bertz CT molecular complexity index is 1330. The molecule has 29 heavy (non-hydrogen) atoms. The topological polar surface area (TPSA) is 101 Å². The summed E-state index contributed by atoms with van der Waals surface area (Å²) in [4.78, 5) is 33.1. The summed E-state index contributed by atoms with van der Waals surface area (Å²) < 4.78 is 9.62. The van der Waals surface area contributed by atoms with Crippen LogP contribution >= 0.6 is 11.6 Å². The molecule has 4 aromatic rings. The van der Waals surface area contributed by atoms with E-state index in [9.17, 15) is 9.59 Å². The van der Waals surface area contributed by atoms with E-state index in [0.29, 0.717) is 22.1 Å². The average Bonchev–Trinajstić information content (AvgIpc) is 3.20. The third kappa shape index (κ3) is 3.07. The minimum atomic E-state index is -0.517. The van der Waals surface area contributed by atoms with Crippen LogP contribution in [0.25, 0.3) is 11.2 Å². The van der Waals surface area contributed by atoms with E-state index >= 15 is 0 Å². The van der Waals surface area contributed by atoms with Gasteiger partial charge in [-0.05, 0) is 36.5 Å². The van der Waals surface area contributed by atoms with Crippen molar-refractivity contribution in [2.24, 2.45) is 7.05 Å². The predicted octanol–water partition coefficient (Wildman–Crippen LogP) is 2.10. The first-order valence-electron chi connectivity index (χ1n) is 9.20. The summed E-state index contributed by atoms with van der Waals surface area (Å²) in [5.74, 6) is -0.00592. The zero-order valence-corrected chi connectivity index (χ0v) is 16.3. The standard InChI is InChI=1S/C19H17ClN6O3/c1-24-9-21-17-16(24)18(27)25(10-22-17)8-15-23-26(19(28)29-15)14-6-12(7-14)11-3-2-4-13(20)5-11/h2-5,9-10,12,14H,6-8H2,1H3. The molecule has 9 nitrogen and oxygen atoms in total. The molecule has 5 rings (SSSR count). The Balaban J connectivity index is 1.35. The number of imidazole rings is 1. The zero-order chi connectivity index (χ0) is 20.1. The van der Waals surface area contributed by atoms with E-state index in [-0.39, 0.29) is 24.0 Å². The third-order valence-corrected chi connectivity index (χ3v) is 5.63. The molecule has 1 fully saturated rings. The number of benzene rings is 1. The highest BCUT2D eigenvalue weighted by molar-refractivity contribution is 6.30. The zero-order valence-electron chi connectivity index (χ0n) is 15.5. The largest absolute Gasteiger partial charge is 0.437 e. The first kappa shape index (κ1) is 17.9. The SMILES string of the molecule is Cn1cnc2ncn(Cc3nn(C4CC(c5cccc(Cl)c5)C4)c(=O)o3)c(=O)c21. The van der Waals surface area contributed by atoms with Crippen molar-refractivity contribution in [1.82, 2.24) is 28.9 Å². The number of halogens is 1. The van der Waals surface area contributed by atoms with Crippen LogP contribution in [0.4, 0.5) is 0 Å². The van der Waals surface area contributed by atoms with Crippen molar-refractivity contribution >= 4 is 22.8 Å². The van der Waals surface area contributed by atoms with E-state index in [0.717, 1.165) is 18.4 Å². The quantitative estimate of drug-likeness (QED) is 0.508. The number of rotatable bonds is 4. The molecular weight excluding hydrogens is 396 g/mol. The molecule has 0 unspecified atom stereocenters. The van der Waals surface area contributed by atoms with Crippen molar-refractivity contribution in [2.75, 3.05) is 0 Å². The van der Waals surface area contributed by atoms with Gasteiger partial charge in [-0.15, -0.1) is 5.10 Å². The second-order valence-corrected chi connectivity index (χ2v) is 7.73. The van der Waals surface area contributed by atoms with Crippen molar-refractivity contribution in [2.45, 2.75) is 31.3 Å². The molecule has 148 valence electrons. The first-order valence-corrected chi connectivity index (χ1v) is 9.58.